The minimum atomic E-state index is -0.00392. The number of aliphatic hydroxyl groups is 1. The molecule has 6 heteroatoms. The molecule has 114 valence electrons. The standard InChI is InChI=1S/C16H16BrN3OS/c1-2-12(7-21)20-15-14-13(8-22-16(14)19-9-18-15)10-3-5-11(17)6-4-10/h3-6,8-9,12,21H,2,7H2,1H3,(H,18,19,20). The smallest absolute Gasteiger partial charge is 0.139 e. The van der Waals surface area contributed by atoms with Crippen molar-refractivity contribution in [3.05, 3.63) is 40.4 Å². The van der Waals surface area contributed by atoms with E-state index in [2.05, 4.69) is 48.7 Å². The molecule has 3 aromatic rings. The predicted octanol–water partition coefficient (Wildman–Crippen LogP) is 4.30. The van der Waals surface area contributed by atoms with Crippen molar-refractivity contribution in [1.82, 2.24) is 9.97 Å². The fraction of sp³-hybridized carbons (Fsp3) is 0.250. The number of fused-ring (bicyclic) bond motifs is 1. The summed E-state index contributed by atoms with van der Waals surface area (Å²) in [5, 5.41) is 15.9. The number of hydrogen-bond acceptors (Lipinski definition) is 5. The van der Waals surface area contributed by atoms with E-state index >= 15 is 0 Å². The zero-order valence-electron chi connectivity index (χ0n) is 12.1. The number of thiophene rings is 1. The molecule has 2 heterocycles. The summed E-state index contributed by atoms with van der Waals surface area (Å²) >= 11 is 5.07. The van der Waals surface area contributed by atoms with E-state index in [1.165, 1.54) is 0 Å². The molecule has 0 aliphatic heterocycles. The van der Waals surface area contributed by atoms with Crippen LogP contribution < -0.4 is 5.32 Å². The van der Waals surface area contributed by atoms with Gasteiger partial charge in [-0.2, -0.15) is 0 Å². The van der Waals surface area contributed by atoms with Crippen molar-refractivity contribution >= 4 is 43.3 Å². The summed E-state index contributed by atoms with van der Waals surface area (Å²) in [6.07, 6.45) is 2.40. The second-order valence-corrected chi connectivity index (χ2v) is 6.76. The molecule has 2 N–H and O–H groups in total. The van der Waals surface area contributed by atoms with Crippen LogP contribution in [-0.4, -0.2) is 27.7 Å². The highest BCUT2D eigenvalue weighted by Gasteiger charge is 2.15. The van der Waals surface area contributed by atoms with Gasteiger partial charge in [-0.1, -0.05) is 35.0 Å². The maximum Gasteiger partial charge on any atom is 0.139 e. The molecule has 0 spiro atoms. The lowest BCUT2D eigenvalue weighted by molar-refractivity contribution is 0.271. The van der Waals surface area contributed by atoms with Crippen molar-refractivity contribution in [2.45, 2.75) is 19.4 Å². The first-order chi connectivity index (χ1) is 10.7. The highest BCUT2D eigenvalue weighted by molar-refractivity contribution is 9.10. The first-order valence-electron chi connectivity index (χ1n) is 7.08. The van der Waals surface area contributed by atoms with Crippen LogP contribution in [0.3, 0.4) is 0 Å². The Labute approximate surface area is 141 Å². The molecule has 0 aliphatic carbocycles. The summed E-state index contributed by atoms with van der Waals surface area (Å²) in [5.74, 6) is 0.782. The summed E-state index contributed by atoms with van der Waals surface area (Å²) in [6, 6.07) is 8.20. The molecule has 4 nitrogen and oxygen atoms in total. The minimum absolute atomic E-state index is 0.00392. The SMILES string of the molecule is CCC(CO)Nc1ncnc2scc(-c3ccc(Br)cc3)c12. The Morgan fingerprint density at radius 1 is 1.27 bits per heavy atom. The van der Waals surface area contributed by atoms with Gasteiger partial charge in [0.1, 0.15) is 17.0 Å². The number of hydrogen-bond donors (Lipinski definition) is 2. The van der Waals surface area contributed by atoms with Gasteiger partial charge in [-0.15, -0.1) is 11.3 Å². The summed E-state index contributed by atoms with van der Waals surface area (Å²) in [6.45, 7) is 2.12. The Kier molecular flexibility index (Phi) is 4.71. The Morgan fingerprint density at radius 2 is 2.05 bits per heavy atom. The molecule has 0 bridgehead atoms. The lowest BCUT2D eigenvalue weighted by Crippen LogP contribution is -2.23. The van der Waals surface area contributed by atoms with Crippen molar-refractivity contribution < 1.29 is 5.11 Å². The molecule has 1 aromatic carbocycles. The van der Waals surface area contributed by atoms with E-state index in [0.29, 0.717) is 0 Å². The van der Waals surface area contributed by atoms with Gasteiger partial charge in [0.15, 0.2) is 0 Å². The Hall–Kier alpha value is -1.50. The second-order valence-electron chi connectivity index (χ2n) is 4.99. The Bertz CT molecular complexity index is 769. The van der Waals surface area contributed by atoms with Crippen LogP contribution in [-0.2, 0) is 0 Å². The van der Waals surface area contributed by atoms with E-state index in [1.54, 1.807) is 17.7 Å². The van der Waals surface area contributed by atoms with E-state index in [0.717, 1.165) is 38.1 Å². The number of halogens is 1. The molecule has 1 atom stereocenters. The van der Waals surface area contributed by atoms with Crippen molar-refractivity contribution in [3.63, 3.8) is 0 Å². The molecule has 0 aliphatic rings. The Morgan fingerprint density at radius 3 is 2.73 bits per heavy atom. The first kappa shape index (κ1) is 15.4. The average molecular weight is 378 g/mol. The average Bonchev–Trinajstić information content (AvgIpc) is 2.98. The van der Waals surface area contributed by atoms with Crippen molar-refractivity contribution in [1.29, 1.82) is 0 Å². The van der Waals surface area contributed by atoms with Crippen LogP contribution in [0.25, 0.3) is 21.3 Å². The maximum atomic E-state index is 9.42. The van der Waals surface area contributed by atoms with Crippen molar-refractivity contribution in [2.75, 3.05) is 11.9 Å². The van der Waals surface area contributed by atoms with E-state index < -0.39 is 0 Å². The van der Waals surface area contributed by atoms with Crippen LogP contribution in [0.2, 0.25) is 0 Å². The number of aliphatic hydroxyl groups excluding tert-OH is 1. The molecule has 0 saturated heterocycles. The molecule has 0 fully saturated rings. The Balaban J connectivity index is 2.10. The molecular formula is C16H16BrN3OS. The maximum absolute atomic E-state index is 9.42. The van der Waals surface area contributed by atoms with Crippen LogP contribution >= 0.6 is 27.3 Å². The summed E-state index contributed by atoms with van der Waals surface area (Å²) < 4.78 is 1.05. The molecule has 2 aromatic heterocycles. The molecule has 3 rings (SSSR count). The molecule has 0 saturated carbocycles. The van der Waals surface area contributed by atoms with Gasteiger partial charge in [0.05, 0.1) is 18.0 Å². The third kappa shape index (κ3) is 2.99. The van der Waals surface area contributed by atoms with Crippen molar-refractivity contribution in [2.24, 2.45) is 0 Å². The summed E-state index contributed by atoms with van der Waals surface area (Å²) in [7, 11) is 0. The number of aromatic nitrogens is 2. The highest BCUT2D eigenvalue weighted by Crippen LogP contribution is 2.37. The summed E-state index contributed by atoms with van der Waals surface area (Å²) in [4.78, 5) is 9.69. The van der Waals surface area contributed by atoms with Crippen LogP contribution in [0.4, 0.5) is 5.82 Å². The minimum Gasteiger partial charge on any atom is -0.394 e. The van der Waals surface area contributed by atoms with Crippen LogP contribution in [0.1, 0.15) is 13.3 Å². The molecule has 22 heavy (non-hydrogen) atoms. The predicted molar refractivity (Wildman–Crippen MR) is 95.3 cm³/mol. The third-order valence-corrected chi connectivity index (χ3v) is 4.99. The first-order valence-corrected chi connectivity index (χ1v) is 8.75. The lowest BCUT2D eigenvalue weighted by atomic mass is 10.1. The van der Waals surface area contributed by atoms with Crippen LogP contribution in [0, 0.1) is 0 Å². The quantitative estimate of drug-likeness (QED) is 0.695. The number of nitrogens with one attached hydrogen (secondary N) is 1. The van der Waals surface area contributed by atoms with Gasteiger partial charge < -0.3 is 10.4 Å². The number of rotatable bonds is 5. The fourth-order valence-corrected chi connectivity index (χ4v) is 3.48. The van der Waals surface area contributed by atoms with Crippen LogP contribution in [0.15, 0.2) is 40.4 Å². The molecule has 0 amide bonds. The van der Waals surface area contributed by atoms with Gasteiger partial charge in [0.25, 0.3) is 0 Å². The van der Waals surface area contributed by atoms with Crippen LogP contribution in [0.5, 0.6) is 0 Å². The highest BCUT2D eigenvalue weighted by atomic mass is 79.9. The van der Waals surface area contributed by atoms with E-state index in [1.807, 2.05) is 19.1 Å². The normalized spacial score (nSPS) is 12.5. The monoisotopic (exact) mass is 377 g/mol. The van der Waals surface area contributed by atoms with Gasteiger partial charge in [-0.05, 0) is 24.1 Å². The van der Waals surface area contributed by atoms with Crippen molar-refractivity contribution in [3.8, 4) is 11.1 Å². The van der Waals surface area contributed by atoms with E-state index in [9.17, 15) is 5.11 Å². The third-order valence-electron chi connectivity index (χ3n) is 3.58. The fourth-order valence-electron chi connectivity index (χ4n) is 2.30. The van der Waals surface area contributed by atoms with Gasteiger partial charge in [-0.25, -0.2) is 9.97 Å². The zero-order chi connectivity index (χ0) is 15.5. The van der Waals surface area contributed by atoms with Gasteiger partial charge in [-0.3, -0.25) is 0 Å². The van der Waals surface area contributed by atoms with Gasteiger partial charge >= 0.3 is 0 Å². The summed E-state index contributed by atoms with van der Waals surface area (Å²) in [5.41, 5.74) is 2.24. The van der Waals surface area contributed by atoms with Gasteiger partial charge in [0.2, 0.25) is 0 Å². The van der Waals surface area contributed by atoms with E-state index in [-0.39, 0.29) is 12.6 Å². The lowest BCUT2D eigenvalue weighted by Gasteiger charge is -2.15. The number of nitrogens with zero attached hydrogens (tertiary/aromatic N) is 2. The second kappa shape index (κ2) is 6.73. The molecule has 1 unspecified atom stereocenters. The number of anilines is 1. The topological polar surface area (TPSA) is 58.0 Å². The number of benzene rings is 1. The zero-order valence-corrected chi connectivity index (χ0v) is 14.5. The molecule has 0 radical (unpaired) electrons. The largest absolute Gasteiger partial charge is 0.394 e. The van der Waals surface area contributed by atoms with Gasteiger partial charge in [0, 0.05) is 15.4 Å². The van der Waals surface area contributed by atoms with E-state index in [4.69, 9.17) is 0 Å². The molecular weight excluding hydrogens is 362 g/mol.